The number of nitrogens with one attached hydrogen (secondary N) is 2. The molecule has 1 fully saturated rings. The molecule has 7 nitrogen and oxygen atoms in total. The van der Waals surface area contributed by atoms with Crippen LogP contribution in [0, 0.1) is 0 Å². The molecule has 2 heterocycles. The first-order chi connectivity index (χ1) is 10.2. The van der Waals surface area contributed by atoms with E-state index in [4.69, 9.17) is 10.5 Å². The number of primary amides is 1. The Bertz CT molecular complexity index is 633. The lowest BCUT2D eigenvalue weighted by molar-refractivity contribution is 0.0398. The maximum Gasteiger partial charge on any atom is 0.248 e. The number of imidazole rings is 1. The molecule has 0 bridgehead atoms. The van der Waals surface area contributed by atoms with Crippen LogP contribution < -0.4 is 11.1 Å². The van der Waals surface area contributed by atoms with Gasteiger partial charge in [-0.25, -0.2) is 4.98 Å². The van der Waals surface area contributed by atoms with Crippen molar-refractivity contribution in [2.75, 3.05) is 44.7 Å². The van der Waals surface area contributed by atoms with E-state index in [-0.39, 0.29) is 0 Å². The molecule has 0 radical (unpaired) electrons. The van der Waals surface area contributed by atoms with Crippen LogP contribution in [0.15, 0.2) is 18.2 Å². The number of carbonyl (C=O) groups is 1. The number of H-pyrrole nitrogens is 1. The number of carbonyl (C=O) groups excluding carboxylic acids is 1. The van der Waals surface area contributed by atoms with Gasteiger partial charge in [-0.3, -0.25) is 9.69 Å². The highest BCUT2D eigenvalue weighted by molar-refractivity contribution is 5.96. The summed E-state index contributed by atoms with van der Waals surface area (Å²) in [6.45, 7) is 5.32. The topological polar surface area (TPSA) is 96.3 Å². The Morgan fingerprint density at radius 2 is 2.24 bits per heavy atom. The molecular weight excluding hydrogens is 270 g/mol. The van der Waals surface area contributed by atoms with Crippen LogP contribution >= 0.6 is 0 Å². The van der Waals surface area contributed by atoms with Crippen molar-refractivity contribution < 1.29 is 9.53 Å². The number of hydrogen-bond donors (Lipinski definition) is 3. The SMILES string of the molecule is NC(=O)c1ccc2nc(NCCN3CCOCC3)[nH]c2c1. The third-order valence-electron chi connectivity index (χ3n) is 3.59. The second-order valence-electron chi connectivity index (χ2n) is 5.06. The summed E-state index contributed by atoms with van der Waals surface area (Å²) < 4.78 is 5.32. The number of aromatic nitrogens is 2. The van der Waals surface area contributed by atoms with Crippen molar-refractivity contribution in [2.45, 2.75) is 0 Å². The summed E-state index contributed by atoms with van der Waals surface area (Å²) in [5.41, 5.74) is 7.37. The molecule has 1 aliphatic rings. The number of benzene rings is 1. The largest absolute Gasteiger partial charge is 0.379 e. The first-order valence-corrected chi connectivity index (χ1v) is 7.06. The van der Waals surface area contributed by atoms with E-state index < -0.39 is 5.91 Å². The van der Waals surface area contributed by atoms with Gasteiger partial charge in [0.05, 0.1) is 24.2 Å². The van der Waals surface area contributed by atoms with Crippen molar-refractivity contribution in [3.05, 3.63) is 23.8 Å². The zero-order valence-corrected chi connectivity index (χ0v) is 11.8. The fourth-order valence-electron chi connectivity index (χ4n) is 2.40. The summed E-state index contributed by atoms with van der Waals surface area (Å²) in [4.78, 5) is 21.1. The standard InChI is InChI=1S/C14H19N5O2/c15-13(20)10-1-2-11-12(9-10)18-14(17-11)16-3-4-19-5-7-21-8-6-19/h1-2,9H,3-8H2,(H2,15,20)(H2,16,17,18). The average molecular weight is 289 g/mol. The van der Waals surface area contributed by atoms with Gasteiger partial charge in [-0.05, 0) is 18.2 Å². The molecule has 3 rings (SSSR count). The molecule has 2 aromatic rings. The number of hydrogen-bond acceptors (Lipinski definition) is 5. The molecule has 1 aliphatic heterocycles. The van der Waals surface area contributed by atoms with E-state index in [9.17, 15) is 4.79 Å². The van der Waals surface area contributed by atoms with Crippen LogP contribution in [0.1, 0.15) is 10.4 Å². The molecule has 7 heteroatoms. The number of anilines is 1. The predicted octanol–water partition coefficient (Wildman–Crippen LogP) is 0.406. The van der Waals surface area contributed by atoms with Gasteiger partial charge in [-0.2, -0.15) is 0 Å². The Morgan fingerprint density at radius 1 is 1.43 bits per heavy atom. The molecule has 1 amide bonds. The number of fused-ring (bicyclic) bond motifs is 1. The number of amides is 1. The summed E-state index contributed by atoms with van der Waals surface area (Å²) in [6.07, 6.45) is 0. The minimum Gasteiger partial charge on any atom is -0.379 e. The van der Waals surface area contributed by atoms with E-state index in [0.29, 0.717) is 11.5 Å². The third-order valence-corrected chi connectivity index (χ3v) is 3.59. The maximum absolute atomic E-state index is 11.2. The number of morpholine rings is 1. The van der Waals surface area contributed by atoms with Gasteiger partial charge in [0.1, 0.15) is 0 Å². The van der Waals surface area contributed by atoms with Crippen molar-refractivity contribution in [2.24, 2.45) is 5.73 Å². The van der Waals surface area contributed by atoms with Gasteiger partial charge < -0.3 is 20.8 Å². The molecule has 4 N–H and O–H groups in total. The second kappa shape index (κ2) is 6.11. The summed E-state index contributed by atoms with van der Waals surface area (Å²) in [5.74, 6) is 0.271. The van der Waals surface area contributed by atoms with Crippen molar-refractivity contribution in [3.63, 3.8) is 0 Å². The Kier molecular flexibility index (Phi) is 4.03. The monoisotopic (exact) mass is 289 g/mol. The maximum atomic E-state index is 11.2. The minimum absolute atomic E-state index is 0.437. The second-order valence-corrected chi connectivity index (χ2v) is 5.06. The van der Waals surface area contributed by atoms with Crippen LogP contribution in [0.5, 0.6) is 0 Å². The Labute approximate surface area is 122 Å². The molecule has 21 heavy (non-hydrogen) atoms. The van der Waals surface area contributed by atoms with Gasteiger partial charge in [0.25, 0.3) is 0 Å². The minimum atomic E-state index is -0.437. The predicted molar refractivity (Wildman–Crippen MR) is 80.4 cm³/mol. The molecule has 0 spiro atoms. The Balaban J connectivity index is 1.60. The van der Waals surface area contributed by atoms with E-state index in [1.165, 1.54) is 0 Å². The van der Waals surface area contributed by atoms with Crippen LogP contribution in [0.2, 0.25) is 0 Å². The smallest absolute Gasteiger partial charge is 0.248 e. The lowest BCUT2D eigenvalue weighted by Gasteiger charge is -2.26. The first kappa shape index (κ1) is 13.8. The van der Waals surface area contributed by atoms with E-state index in [0.717, 1.165) is 50.4 Å². The highest BCUT2D eigenvalue weighted by atomic mass is 16.5. The number of rotatable bonds is 5. The van der Waals surface area contributed by atoms with Crippen molar-refractivity contribution >= 4 is 22.9 Å². The van der Waals surface area contributed by atoms with E-state index in [1.807, 2.05) is 0 Å². The highest BCUT2D eigenvalue weighted by Gasteiger charge is 2.10. The average Bonchev–Trinajstić information content (AvgIpc) is 2.90. The zero-order valence-electron chi connectivity index (χ0n) is 11.8. The summed E-state index contributed by atoms with van der Waals surface area (Å²) in [7, 11) is 0. The van der Waals surface area contributed by atoms with E-state index in [1.54, 1.807) is 18.2 Å². The molecule has 0 saturated carbocycles. The normalized spacial score (nSPS) is 16.2. The van der Waals surface area contributed by atoms with E-state index >= 15 is 0 Å². The fourth-order valence-corrected chi connectivity index (χ4v) is 2.40. The van der Waals surface area contributed by atoms with Crippen LogP contribution in [0.25, 0.3) is 11.0 Å². The quantitative estimate of drug-likeness (QED) is 0.740. The van der Waals surface area contributed by atoms with Crippen LogP contribution in [-0.2, 0) is 4.74 Å². The molecular formula is C14H19N5O2. The molecule has 0 aliphatic carbocycles. The fraction of sp³-hybridized carbons (Fsp3) is 0.429. The van der Waals surface area contributed by atoms with Gasteiger partial charge in [-0.1, -0.05) is 0 Å². The van der Waals surface area contributed by atoms with Gasteiger partial charge >= 0.3 is 0 Å². The Hall–Kier alpha value is -2.12. The first-order valence-electron chi connectivity index (χ1n) is 7.06. The van der Waals surface area contributed by atoms with Crippen molar-refractivity contribution in [1.29, 1.82) is 0 Å². The van der Waals surface area contributed by atoms with Crippen molar-refractivity contribution in [1.82, 2.24) is 14.9 Å². The van der Waals surface area contributed by atoms with Crippen LogP contribution in [-0.4, -0.2) is 60.2 Å². The lowest BCUT2D eigenvalue weighted by Crippen LogP contribution is -2.39. The van der Waals surface area contributed by atoms with Gasteiger partial charge in [0, 0.05) is 31.7 Å². The van der Waals surface area contributed by atoms with Gasteiger partial charge in [-0.15, -0.1) is 0 Å². The molecule has 1 aromatic carbocycles. The van der Waals surface area contributed by atoms with Crippen LogP contribution in [0.3, 0.4) is 0 Å². The summed E-state index contributed by atoms with van der Waals surface area (Å²) >= 11 is 0. The molecule has 0 unspecified atom stereocenters. The molecule has 1 saturated heterocycles. The van der Waals surface area contributed by atoms with Crippen LogP contribution in [0.4, 0.5) is 5.95 Å². The highest BCUT2D eigenvalue weighted by Crippen LogP contribution is 2.15. The number of nitrogens with two attached hydrogens (primary N) is 1. The summed E-state index contributed by atoms with van der Waals surface area (Å²) in [5, 5.41) is 3.26. The molecule has 112 valence electrons. The molecule has 0 atom stereocenters. The number of nitrogens with zero attached hydrogens (tertiary/aromatic N) is 2. The van der Waals surface area contributed by atoms with E-state index in [2.05, 4.69) is 20.2 Å². The lowest BCUT2D eigenvalue weighted by atomic mass is 10.2. The number of ether oxygens (including phenoxy) is 1. The Morgan fingerprint density at radius 3 is 3.00 bits per heavy atom. The molecule has 1 aromatic heterocycles. The van der Waals surface area contributed by atoms with Gasteiger partial charge in [0.15, 0.2) is 0 Å². The van der Waals surface area contributed by atoms with Crippen molar-refractivity contribution in [3.8, 4) is 0 Å². The summed E-state index contributed by atoms with van der Waals surface area (Å²) in [6, 6.07) is 5.19. The zero-order chi connectivity index (χ0) is 14.7. The third kappa shape index (κ3) is 3.32. The number of aromatic amines is 1. The van der Waals surface area contributed by atoms with Gasteiger partial charge in [0.2, 0.25) is 11.9 Å².